The standard InChI is InChI=1S/C15H19N5O/c1-11(21)20-7-3-12(4-8-20)14-15(18-6-5-17-14)13-9-16-10-19(13)2/h5-6,9-10,12H,3-4,7-8H2,1-2H3. The van der Waals surface area contributed by atoms with Crippen LogP contribution in [0, 0.1) is 0 Å². The van der Waals surface area contributed by atoms with E-state index in [2.05, 4.69) is 15.0 Å². The first-order valence-electron chi connectivity index (χ1n) is 7.20. The molecular weight excluding hydrogens is 266 g/mol. The molecule has 0 radical (unpaired) electrons. The third-order valence-electron chi connectivity index (χ3n) is 4.11. The molecule has 1 aliphatic rings. The molecule has 2 aromatic heterocycles. The molecule has 110 valence electrons. The number of amides is 1. The van der Waals surface area contributed by atoms with E-state index in [0.29, 0.717) is 5.92 Å². The molecule has 3 rings (SSSR count). The zero-order chi connectivity index (χ0) is 14.8. The lowest BCUT2D eigenvalue weighted by Gasteiger charge is -2.31. The molecule has 3 heterocycles. The van der Waals surface area contributed by atoms with Crippen LogP contribution in [0.3, 0.4) is 0 Å². The number of imidazole rings is 1. The van der Waals surface area contributed by atoms with Crippen LogP contribution in [0.4, 0.5) is 0 Å². The van der Waals surface area contributed by atoms with E-state index in [9.17, 15) is 4.79 Å². The van der Waals surface area contributed by atoms with Gasteiger partial charge < -0.3 is 9.47 Å². The zero-order valence-electron chi connectivity index (χ0n) is 12.4. The lowest BCUT2D eigenvalue weighted by molar-refractivity contribution is -0.129. The minimum absolute atomic E-state index is 0.152. The number of hydrogen-bond donors (Lipinski definition) is 0. The van der Waals surface area contributed by atoms with Gasteiger partial charge in [0.05, 0.1) is 23.9 Å². The molecule has 2 aromatic rings. The summed E-state index contributed by atoms with van der Waals surface area (Å²) in [5, 5.41) is 0. The summed E-state index contributed by atoms with van der Waals surface area (Å²) in [5.74, 6) is 0.499. The van der Waals surface area contributed by atoms with Crippen LogP contribution in [0.2, 0.25) is 0 Å². The van der Waals surface area contributed by atoms with E-state index in [0.717, 1.165) is 43.0 Å². The average molecular weight is 285 g/mol. The number of hydrogen-bond acceptors (Lipinski definition) is 4. The van der Waals surface area contributed by atoms with E-state index >= 15 is 0 Å². The molecule has 6 heteroatoms. The van der Waals surface area contributed by atoms with Crippen molar-refractivity contribution in [2.75, 3.05) is 13.1 Å². The minimum atomic E-state index is 0.152. The fourth-order valence-corrected chi connectivity index (χ4v) is 2.90. The number of aryl methyl sites for hydroxylation is 1. The van der Waals surface area contributed by atoms with Crippen molar-refractivity contribution >= 4 is 5.91 Å². The maximum Gasteiger partial charge on any atom is 0.219 e. The molecule has 1 fully saturated rings. The number of carbonyl (C=O) groups is 1. The fourth-order valence-electron chi connectivity index (χ4n) is 2.90. The first-order valence-corrected chi connectivity index (χ1v) is 7.20. The molecule has 0 bridgehead atoms. The Labute approximate surface area is 123 Å². The first kappa shape index (κ1) is 13.7. The Morgan fingerprint density at radius 3 is 2.57 bits per heavy atom. The molecule has 0 saturated carbocycles. The van der Waals surface area contributed by atoms with Crippen molar-refractivity contribution in [3.63, 3.8) is 0 Å². The third kappa shape index (κ3) is 2.66. The van der Waals surface area contributed by atoms with Crippen molar-refractivity contribution in [2.45, 2.75) is 25.7 Å². The van der Waals surface area contributed by atoms with Gasteiger partial charge in [-0.25, -0.2) is 4.98 Å². The van der Waals surface area contributed by atoms with Crippen molar-refractivity contribution < 1.29 is 4.79 Å². The number of rotatable bonds is 2. The van der Waals surface area contributed by atoms with Gasteiger partial charge in [0.15, 0.2) is 0 Å². The third-order valence-corrected chi connectivity index (χ3v) is 4.11. The molecule has 1 aliphatic heterocycles. The normalized spacial score (nSPS) is 16.2. The SMILES string of the molecule is CC(=O)N1CCC(c2nccnc2-c2cncn2C)CC1. The topological polar surface area (TPSA) is 63.9 Å². The maximum absolute atomic E-state index is 11.4. The van der Waals surface area contributed by atoms with E-state index in [1.165, 1.54) is 0 Å². The van der Waals surface area contributed by atoms with Gasteiger partial charge in [0.25, 0.3) is 0 Å². The second-order valence-corrected chi connectivity index (χ2v) is 5.46. The van der Waals surface area contributed by atoms with E-state index in [1.54, 1.807) is 25.6 Å². The van der Waals surface area contributed by atoms with E-state index < -0.39 is 0 Å². The molecule has 0 N–H and O–H groups in total. The van der Waals surface area contributed by atoms with Gasteiger partial charge in [0.1, 0.15) is 5.69 Å². The fraction of sp³-hybridized carbons (Fsp3) is 0.467. The molecule has 0 unspecified atom stereocenters. The van der Waals surface area contributed by atoms with Crippen molar-refractivity contribution in [3.8, 4) is 11.4 Å². The second kappa shape index (κ2) is 5.63. The van der Waals surface area contributed by atoms with E-state index in [4.69, 9.17) is 0 Å². The summed E-state index contributed by atoms with van der Waals surface area (Å²) in [4.78, 5) is 26.6. The van der Waals surface area contributed by atoms with Gasteiger partial charge in [-0.15, -0.1) is 0 Å². The predicted molar refractivity (Wildman–Crippen MR) is 78.5 cm³/mol. The molecule has 1 amide bonds. The summed E-state index contributed by atoms with van der Waals surface area (Å²) in [7, 11) is 1.96. The number of likely N-dealkylation sites (tertiary alicyclic amines) is 1. The monoisotopic (exact) mass is 285 g/mol. The quantitative estimate of drug-likeness (QED) is 0.841. The van der Waals surface area contributed by atoms with Crippen LogP contribution in [0.5, 0.6) is 0 Å². The van der Waals surface area contributed by atoms with Gasteiger partial charge >= 0.3 is 0 Å². The number of aromatic nitrogens is 4. The Bertz CT molecular complexity index is 643. The van der Waals surface area contributed by atoms with Crippen molar-refractivity contribution in [3.05, 3.63) is 30.6 Å². The van der Waals surface area contributed by atoms with E-state index in [1.807, 2.05) is 22.7 Å². The predicted octanol–water partition coefficient (Wildman–Crippen LogP) is 1.60. The van der Waals surface area contributed by atoms with Gasteiger partial charge in [0, 0.05) is 45.4 Å². The number of carbonyl (C=O) groups excluding carboxylic acids is 1. The largest absolute Gasteiger partial charge is 0.343 e. The molecule has 0 atom stereocenters. The van der Waals surface area contributed by atoms with Crippen molar-refractivity contribution in [2.24, 2.45) is 7.05 Å². The summed E-state index contributed by atoms with van der Waals surface area (Å²) in [6.07, 6.45) is 8.92. The molecule has 0 aliphatic carbocycles. The van der Waals surface area contributed by atoms with Crippen molar-refractivity contribution in [1.82, 2.24) is 24.4 Å². The Morgan fingerprint density at radius 2 is 1.95 bits per heavy atom. The first-order chi connectivity index (χ1) is 10.2. The lowest BCUT2D eigenvalue weighted by atomic mass is 9.91. The zero-order valence-corrected chi connectivity index (χ0v) is 12.4. The van der Waals surface area contributed by atoms with Gasteiger partial charge in [-0.05, 0) is 12.8 Å². The molecule has 0 aromatic carbocycles. The number of piperidine rings is 1. The van der Waals surface area contributed by atoms with Crippen LogP contribution >= 0.6 is 0 Å². The molecule has 21 heavy (non-hydrogen) atoms. The van der Waals surface area contributed by atoms with Crippen LogP contribution in [-0.2, 0) is 11.8 Å². The smallest absolute Gasteiger partial charge is 0.219 e. The highest BCUT2D eigenvalue weighted by molar-refractivity contribution is 5.73. The second-order valence-electron chi connectivity index (χ2n) is 5.46. The summed E-state index contributed by atoms with van der Waals surface area (Å²) in [6, 6.07) is 0. The number of nitrogens with zero attached hydrogens (tertiary/aromatic N) is 5. The summed E-state index contributed by atoms with van der Waals surface area (Å²) < 4.78 is 1.96. The molecular formula is C15H19N5O. The molecule has 6 nitrogen and oxygen atoms in total. The van der Waals surface area contributed by atoms with Gasteiger partial charge in [-0.3, -0.25) is 14.8 Å². The van der Waals surface area contributed by atoms with Crippen LogP contribution in [0.25, 0.3) is 11.4 Å². The van der Waals surface area contributed by atoms with Gasteiger partial charge in [0.2, 0.25) is 5.91 Å². The lowest BCUT2D eigenvalue weighted by Crippen LogP contribution is -2.36. The molecule has 1 saturated heterocycles. The Hall–Kier alpha value is -2.24. The highest BCUT2D eigenvalue weighted by Gasteiger charge is 2.26. The maximum atomic E-state index is 11.4. The van der Waals surface area contributed by atoms with Gasteiger partial charge in [-0.2, -0.15) is 0 Å². The highest BCUT2D eigenvalue weighted by atomic mass is 16.2. The van der Waals surface area contributed by atoms with Crippen LogP contribution < -0.4 is 0 Å². The summed E-state index contributed by atoms with van der Waals surface area (Å²) in [5.41, 5.74) is 2.90. The van der Waals surface area contributed by atoms with Crippen LogP contribution in [-0.4, -0.2) is 43.4 Å². The van der Waals surface area contributed by atoms with Crippen molar-refractivity contribution in [1.29, 1.82) is 0 Å². The Morgan fingerprint density at radius 1 is 1.24 bits per heavy atom. The summed E-state index contributed by atoms with van der Waals surface area (Å²) >= 11 is 0. The Kier molecular flexibility index (Phi) is 3.68. The van der Waals surface area contributed by atoms with E-state index in [-0.39, 0.29) is 5.91 Å². The average Bonchev–Trinajstić information content (AvgIpc) is 2.93. The summed E-state index contributed by atoms with van der Waals surface area (Å²) in [6.45, 7) is 3.21. The molecule has 0 spiro atoms. The minimum Gasteiger partial charge on any atom is -0.343 e. The van der Waals surface area contributed by atoms with Crippen LogP contribution in [0.1, 0.15) is 31.4 Å². The Balaban J connectivity index is 1.87. The van der Waals surface area contributed by atoms with Crippen LogP contribution in [0.15, 0.2) is 24.9 Å². The van der Waals surface area contributed by atoms with Gasteiger partial charge in [-0.1, -0.05) is 0 Å². The highest BCUT2D eigenvalue weighted by Crippen LogP contribution is 2.32.